The number of aryl methyl sites for hydroxylation is 2. The van der Waals surface area contributed by atoms with Gasteiger partial charge in [0.15, 0.2) is 0 Å². The molecule has 31 heavy (non-hydrogen) atoms. The number of nitrogens with zero attached hydrogens (tertiary/aromatic N) is 4. The smallest absolute Gasteiger partial charge is 0.245 e. The molecule has 4 rings (SSSR count). The highest BCUT2D eigenvalue weighted by Gasteiger charge is 2.16. The number of ether oxygens (including phenoxy) is 1. The van der Waals surface area contributed by atoms with E-state index in [2.05, 4.69) is 36.0 Å². The molecular weight excluding hydrogens is 414 g/mol. The van der Waals surface area contributed by atoms with Gasteiger partial charge >= 0.3 is 0 Å². The highest BCUT2D eigenvalue weighted by molar-refractivity contribution is 6.33. The number of hydrogen-bond donors (Lipinski definition) is 3. The lowest BCUT2D eigenvalue weighted by Gasteiger charge is -2.28. The molecule has 8 nitrogen and oxygen atoms in total. The summed E-state index contributed by atoms with van der Waals surface area (Å²) in [4.78, 5) is 11.2. The number of halogens is 1. The highest BCUT2D eigenvalue weighted by atomic mass is 35.5. The van der Waals surface area contributed by atoms with Gasteiger partial charge in [-0.3, -0.25) is 0 Å². The van der Waals surface area contributed by atoms with Gasteiger partial charge in [0.05, 0.1) is 36.2 Å². The van der Waals surface area contributed by atoms with Crippen molar-refractivity contribution in [3.05, 3.63) is 64.6 Å². The highest BCUT2D eigenvalue weighted by Crippen LogP contribution is 2.27. The molecule has 0 spiro atoms. The Bertz CT molecular complexity index is 995. The van der Waals surface area contributed by atoms with E-state index in [9.17, 15) is 0 Å². The Morgan fingerprint density at radius 2 is 2.10 bits per heavy atom. The second-order valence-corrected chi connectivity index (χ2v) is 7.80. The Hall–Kier alpha value is -3.10. The Balaban J connectivity index is 1.40. The van der Waals surface area contributed by atoms with Crippen molar-refractivity contribution >= 4 is 35.3 Å². The van der Waals surface area contributed by atoms with Gasteiger partial charge < -0.3 is 20.3 Å². The monoisotopic (exact) mass is 439 g/mol. The lowest BCUT2D eigenvalue weighted by atomic mass is 10.1. The van der Waals surface area contributed by atoms with Crippen LogP contribution in [0.4, 0.5) is 17.5 Å². The van der Waals surface area contributed by atoms with E-state index >= 15 is 0 Å². The molecule has 0 aliphatic carbocycles. The summed E-state index contributed by atoms with van der Waals surface area (Å²) in [7, 11) is 0. The summed E-state index contributed by atoms with van der Waals surface area (Å²) in [6, 6.07) is 5.74. The van der Waals surface area contributed by atoms with Crippen LogP contribution < -0.4 is 21.0 Å². The van der Waals surface area contributed by atoms with Crippen LogP contribution in [-0.4, -0.2) is 48.5 Å². The third kappa shape index (κ3) is 5.34. The Labute approximate surface area is 187 Å². The number of aromatic nitrogens is 2. The first kappa shape index (κ1) is 21.1. The van der Waals surface area contributed by atoms with Gasteiger partial charge in [0.1, 0.15) is 5.82 Å². The molecule has 0 radical (unpaired) electrons. The number of allylic oxidation sites excluding steroid dienone is 1. The largest absolute Gasteiger partial charge is 0.380 e. The number of hydrogen-bond acceptors (Lipinski definition) is 8. The minimum Gasteiger partial charge on any atom is -0.380 e. The van der Waals surface area contributed by atoms with Crippen molar-refractivity contribution in [1.82, 2.24) is 15.3 Å². The fourth-order valence-electron chi connectivity index (χ4n) is 3.41. The Kier molecular flexibility index (Phi) is 6.69. The zero-order chi connectivity index (χ0) is 21.6. The van der Waals surface area contributed by atoms with Crippen molar-refractivity contribution in [2.75, 3.05) is 41.9 Å². The molecule has 1 aromatic heterocycles. The standard InChI is InChI=1S/C22H26ClN7O/c1-15-4-3-5-19(23)20(15)27-17-6-7-24-18(12-17)14-26-29-22-25-13-16(2)21(28-22)30-8-10-31-11-9-30/h3-7,12-14,18,24,27H,8-11H2,1-2H3,(H,25,28,29)/b26-14-. The van der Waals surface area contributed by atoms with Gasteiger partial charge in [0, 0.05) is 30.5 Å². The molecule has 1 saturated heterocycles. The maximum Gasteiger partial charge on any atom is 0.245 e. The lowest BCUT2D eigenvalue weighted by Crippen LogP contribution is -2.37. The van der Waals surface area contributed by atoms with Crippen LogP contribution in [0, 0.1) is 13.8 Å². The van der Waals surface area contributed by atoms with Crippen LogP contribution in [-0.2, 0) is 4.74 Å². The molecule has 3 heterocycles. The molecular formula is C22H26ClN7O. The van der Waals surface area contributed by atoms with Gasteiger partial charge in [0.25, 0.3) is 0 Å². The van der Waals surface area contributed by atoms with Crippen molar-refractivity contribution in [1.29, 1.82) is 0 Å². The summed E-state index contributed by atoms with van der Waals surface area (Å²) in [5.74, 6) is 1.37. The molecule has 2 aromatic rings. The summed E-state index contributed by atoms with van der Waals surface area (Å²) in [6.07, 6.45) is 9.44. The van der Waals surface area contributed by atoms with Crippen LogP contribution in [0.1, 0.15) is 11.1 Å². The van der Waals surface area contributed by atoms with Crippen molar-refractivity contribution in [3.8, 4) is 0 Å². The molecule has 1 unspecified atom stereocenters. The number of para-hydroxylation sites is 1. The van der Waals surface area contributed by atoms with Crippen LogP contribution in [0.2, 0.25) is 5.02 Å². The van der Waals surface area contributed by atoms with Gasteiger partial charge in [0.2, 0.25) is 5.95 Å². The molecule has 2 aliphatic rings. The fourth-order valence-corrected chi connectivity index (χ4v) is 3.68. The van der Waals surface area contributed by atoms with E-state index in [1.807, 2.05) is 56.6 Å². The van der Waals surface area contributed by atoms with Crippen molar-refractivity contribution in [2.24, 2.45) is 5.10 Å². The summed E-state index contributed by atoms with van der Waals surface area (Å²) in [5.41, 5.74) is 6.89. The van der Waals surface area contributed by atoms with Gasteiger partial charge in [-0.2, -0.15) is 10.1 Å². The molecule has 1 atom stereocenters. The van der Waals surface area contributed by atoms with Crippen LogP contribution in [0.3, 0.4) is 0 Å². The second-order valence-electron chi connectivity index (χ2n) is 7.39. The minimum atomic E-state index is -0.0908. The van der Waals surface area contributed by atoms with Crippen molar-refractivity contribution in [2.45, 2.75) is 19.9 Å². The van der Waals surface area contributed by atoms with Gasteiger partial charge in [-0.25, -0.2) is 10.4 Å². The number of nitrogens with one attached hydrogen (secondary N) is 3. The zero-order valence-corrected chi connectivity index (χ0v) is 18.4. The summed E-state index contributed by atoms with van der Waals surface area (Å²) < 4.78 is 5.43. The summed E-state index contributed by atoms with van der Waals surface area (Å²) in [5, 5.41) is 11.6. The number of morpholine rings is 1. The number of dihydropyridines is 1. The topological polar surface area (TPSA) is 86.7 Å². The van der Waals surface area contributed by atoms with E-state index in [1.54, 1.807) is 6.21 Å². The quantitative estimate of drug-likeness (QED) is 0.469. The summed E-state index contributed by atoms with van der Waals surface area (Å²) in [6.45, 7) is 7.10. The lowest BCUT2D eigenvalue weighted by molar-refractivity contribution is 0.122. The van der Waals surface area contributed by atoms with E-state index < -0.39 is 0 Å². The van der Waals surface area contributed by atoms with Crippen LogP contribution in [0.25, 0.3) is 0 Å². The number of anilines is 3. The molecule has 0 saturated carbocycles. The zero-order valence-electron chi connectivity index (χ0n) is 17.6. The van der Waals surface area contributed by atoms with Crippen molar-refractivity contribution < 1.29 is 4.74 Å². The minimum absolute atomic E-state index is 0.0908. The predicted molar refractivity (Wildman–Crippen MR) is 126 cm³/mol. The molecule has 2 aliphatic heterocycles. The average Bonchev–Trinajstić information content (AvgIpc) is 2.78. The SMILES string of the molecule is Cc1cnc(N/N=C\C2C=C(Nc3c(C)cccc3Cl)C=CN2)nc1N1CCOCC1. The van der Waals surface area contributed by atoms with E-state index in [0.29, 0.717) is 24.2 Å². The molecule has 162 valence electrons. The predicted octanol–water partition coefficient (Wildman–Crippen LogP) is 3.46. The van der Waals surface area contributed by atoms with Gasteiger partial charge in [-0.1, -0.05) is 23.7 Å². The number of hydrazone groups is 1. The normalized spacial score (nSPS) is 18.6. The molecule has 0 amide bonds. The molecule has 0 bridgehead atoms. The van der Waals surface area contributed by atoms with Gasteiger partial charge in [-0.05, 0) is 43.8 Å². The maximum absolute atomic E-state index is 6.33. The molecule has 9 heteroatoms. The number of benzene rings is 1. The van der Waals surface area contributed by atoms with Gasteiger partial charge in [-0.15, -0.1) is 0 Å². The van der Waals surface area contributed by atoms with Crippen LogP contribution in [0.15, 0.2) is 53.5 Å². The molecule has 1 fully saturated rings. The maximum atomic E-state index is 6.33. The Morgan fingerprint density at radius 3 is 2.90 bits per heavy atom. The van der Waals surface area contributed by atoms with E-state index in [-0.39, 0.29) is 6.04 Å². The fraction of sp³-hybridized carbons (Fsp3) is 0.318. The van der Waals surface area contributed by atoms with E-state index in [4.69, 9.17) is 16.3 Å². The number of rotatable bonds is 6. The van der Waals surface area contributed by atoms with E-state index in [0.717, 1.165) is 41.4 Å². The van der Waals surface area contributed by atoms with Crippen LogP contribution >= 0.6 is 11.6 Å². The first-order chi connectivity index (χ1) is 15.1. The first-order valence-electron chi connectivity index (χ1n) is 10.2. The third-order valence-corrected chi connectivity index (χ3v) is 5.37. The van der Waals surface area contributed by atoms with E-state index in [1.165, 1.54) is 0 Å². The Morgan fingerprint density at radius 1 is 1.26 bits per heavy atom. The average molecular weight is 440 g/mol. The van der Waals surface area contributed by atoms with Crippen LogP contribution in [0.5, 0.6) is 0 Å². The molecule has 1 aromatic carbocycles. The third-order valence-electron chi connectivity index (χ3n) is 5.06. The summed E-state index contributed by atoms with van der Waals surface area (Å²) >= 11 is 6.33. The first-order valence-corrected chi connectivity index (χ1v) is 10.6. The second kappa shape index (κ2) is 9.80. The molecule has 3 N–H and O–H groups in total. The van der Waals surface area contributed by atoms with Crippen molar-refractivity contribution in [3.63, 3.8) is 0 Å².